The maximum Gasteiger partial charge on any atom is 0.416 e. The number of hydrogen-bond donors (Lipinski definition) is 1. The molecule has 2 atom stereocenters. The summed E-state index contributed by atoms with van der Waals surface area (Å²) in [7, 11) is 0. The van der Waals surface area contributed by atoms with Crippen molar-refractivity contribution in [1.82, 2.24) is 4.90 Å². The van der Waals surface area contributed by atoms with Crippen LogP contribution in [0.15, 0.2) is 18.2 Å². The number of hydrogen-bond acceptors (Lipinski definition) is 2. The fourth-order valence-corrected chi connectivity index (χ4v) is 2.95. The smallest absolute Gasteiger partial charge is 0.330 e. The molecule has 8 heteroatoms. The first-order chi connectivity index (χ1) is 10.5. The Morgan fingerprint density at radius 3 is 1.96 bits per heavy atom. The van der Waals surface area contributed by atoms with E-state index in [-0.39, 0.29) is 30.1 Å². The van der Waals surface area contributed by atoms with Gasteiger partial charge in [0.15, 0.2) is 0 Å². The minimum atomic E-state index is -4.81. The van der Waals surface area contributed by atoms with Gasteiger partial charge >= 0.3 is 12.4 Å². The molecule has 1 fully saturated rings. The number of benzene rings is 1. The lowest BCUT2D eigenvalue weighted by Gasteiger charge is -2.22. The molecule has 0 spiro atoms. The largest absolute Gasteiger partial charge is 0.416 e. The van der Waals surface area contributed by atoms with Crippen molar-refractivity contribution in [2.45, 2.75) is 38.3 Å². The van der Waals surface area contributed by atoms with Gasteiger partial charge in [-0.3, -0.25) is 4.90 Å². The molecule has 1 saturated heterocycles. The standard InChI is InChI=1S/C15H18F6N2/c1-9-2-11(6-22)8-23(9)7-10-3-12(14(16,17)18)5-13(4-10)15(19,20)21/h3-5,9,11H,2,6-8,22H2,1H3. The van der Waals surface area contributed by atoms with E-state index in [0.29, 0.717) is 13.1 Å². The fourth-order valence-electron chi connectivity index (χ4n) is 2.95. The van der Waals surface area contributed by atoms with Crippen LogP contribution in [0.5, 0.6) is 0 Å². The zero-order chi connectivity index (χ0) is 17.4. The first kappa shape index (κ1) is 18.1. The van der Waals surface area contributed by atoms with Crippen LogP contribution in [0, 0.1) is 5.92 Å². The summed E-state index contributed by atoms with van der Waals surface area (Å²) in [5.74, 6) is 0.220. The number of halogens is 6. The highest BCUT2D eigenvalue weighted by molar-refractivity contribution is 5.33. The molecule has 130 valence electrons. The Morgan fingerprint density at radius 2 is 1.57 bits per heavy atom. The molecule has 2 N–H and O–H groups in total. The molecule has 0 aliphatic carbocycles. The Morgan fingerprint density at radius 1 is 1.04 bits per heavy atom. The van der Waals surface area contributed by atoms with Crippen LogP contribution in [0.3, 0.4) is 0 Å². The lowest BCUT2D eigenvalue weighted by atomic mass is 10.0. The lowest BCUT2D eigenvalue weighted by molar-refractivity contribution is -0.143. The zero-order valence-electron chi connectivity index (χ0n) is 12.5. The quantitative estimate of drug-likeness (QED) is 0.846. The molecule has 2 rings (SSSR count). The molecule has 1 aromatic rings. The van der Waals surface area contributed by atoms with Crippen molar-refractivity contribution < 1.29 is 26.3 Å². The van der Waals surface area contributed by atoms with Gasteiger partial charge in [0, 0.05) is 19.1 Å². The highest BCUT2D eigenvalue weighted by atomic mass is 19.4. The van der Waals surface area contributed by atoms with E-state index in [1.54, 1.807) is 0 Å². The molecule has 1 heterocycles. The fraction of sp³-hybridized carbons (Fsp3) is 0.600. The molecule has 0 bridgehead atoms. The van der Waals surface area contributed by atoms with E-state index < -0.39 is 23.5 Å². The summed E-state index contributed by atoms with van der Waals surface area (Å²) < 4.78 is 77.1. The van der Waals surface area contributed by atoms with Crippen molar-refractivity contribution >= 4 is 0 Å². The SMILES string of the molecule is CC1CC(CN)CN1Cc1cc(C(F)(F)F)cc(C(F)(F)F)c1. The van der Waals surface area contributed by atoms with Gasteiger partial charge in [-0.2, -0.15) is 26.3 Å². The normalized spacial score (nSPS) is 23.5. The highest BCUT2D eigenvalue weighted by Gasteiger charge is 2.37. The van der Waals surface area contributed by atoms with Crippen LogP contribution in [0.2, 0.25) is 0 Å². The molecule has 2 nitrogen and oxygen atoms in total. The van der Waals surface area contributed by atoms with Crippen molar-refractivity contribution in [3.63, 3.8) is 0 Å². The van der Waals surface area contributed by atoms with Gasteiger partial charge in [0.2, 0.25) is 0 Å². The zero-order valence-corrected chi connectivity index (χ0v) is 12.5. The van der Waals surface area contributed by atoms with E-state index in [1.807, 2.05) is 11.8 Å². The van der Waals surface area contributed by atoms with Crippen molar-refractivity contribution in [2.75, 3.05) is 13.1 Å². The average molecular weight is 340 g/mol. The molecule has 1 aromatic carbocycles. The summed E-state index contributed by atoms with van der Waals surface area (Å²) in [6.45, 7) is 2.98. The maximum atomic E-state index is 12.8. The summed E-state index contributed by atoms with van der Waals surface area (Å²) in [4.78, 5) is 1.87. The minimum Gasteiger partial charge on any atom is -0.330 e. The van der Waals surface area contributed by atoms with Gasteiger partial charge in [-0.05, 0) is 49.6 Å². The van der Waals surface area contributed by atoms with E-state index in [0.717, 1.165) is 18.6 Å². The molecular weight excluding hydrogens is 322 g/mol. The van der Waals surface area contributed by atoms with Gasteiger partial charge < -0.3 is 5.73 Å². The van der Waals surface area contributed by atoms with Crippen molar-refractivity contribution in [3.05, 3.63) is 34.9 Å². The molecular formula is C15H18F6N2. The lowest BCUT2D eigenvalue weighted by Crippen LogP contribution is -2.27. The van der Waals surface area contributed by atoms with E-state index in [2.05, 4.69) is 0 Å². The monoisotopic (exact) mass is 340 g/mol. The highest BCUT2D eigenvalue weighted by Crippen LogP contribution is 2.37. The molecule has 23 heavy (non-hydrogen) atoms. The summed E-state index contributed by atoms with van der Waals surface area (Å²) in [6, 6.07) is 1.81. The molecule has 1 aliphatic heterocycles. The van der Waals surface area contributed by atoms with Crippen LogP contribution in [-0.4, -0.2) is 24.0 Å². The second-order valence-corrected chi connectivity index (χ2v) is 6.03. The molecule has 0 aromatic heterocycles. The van der Waals surface area contributed by atoms with Gasteiger partial charge in [-0.1, -0.05) is 0 Å². The van der Waals surface area contributed by atoms with Crippen LogP contribution in [-0.2, 0) is 18.9 Å². The Hall–Kier alpha value is -1.28. The van der Waals surface area contributed by atoms with Crippen LogP contribution in [0.25, 0.3) is 0 Å². The maximum absolute atomic E-state index is 12.8. The van der Waals surface area contributed by atoms with Gasteiger partial charge in [-0.25, -0.2) is 0 Å². The van der Waals surface area contributed by atoms with Crippen LogP contribution < -0.4 is 5.73 Å². The van der Waals surface area contributed by atoms with Gasteiger partial charge in [0.25, 0.3) is 0 Å². The van der Waals surface area contributed by atoms with E-state index >= 15 is 0 Å². The van der Waals surface area contributed by atoms with Crippen molar-refractivity contribution in [3.8, 4) is 0 Å². The third-order valence-electron chi connectivity index (χ3n) is 4.16. The summed E-state index contributed by atoms with van der Waals surface area (Å²) in [5.41, 5.74) is 3.05. The second-order valence-electron chi connectivity index (χ2n) is 6.03. The van der Waals surface area contributed by atoms with Crippen LogP contribution in [0.4, 0.5) is 26.3 Å². The Bertz CT molecular complexity index is 520. The van der Waals surface area contributed by atoms with Gasteiger partial charge in [0.05, 0.1) is 11.1 Å². The number of alkyl halides is 6. The Kier molecular flexibility index (Phi) is 4.96. The molecule has 0 radical (unpaired) electrons. The molecule has 0 amide bonds. The van der Waals surface area contributed by atoms with Crippen molar-refractivity contribution in [1.29, 1.82) is 0 Å². The predicted molar refractivity (Wildman–Crippen MR) is 73.5 cm³/mol. The van der Waals surface area contributed by atoms with Gasteiger partial charge in [0.1, 0.15) is 0 Å². The molecule has 2 unspecified atom stereocenters. The summed E-state index contributed by atoms with van der Waals surface area (Å²) >= 11 is 0. The van der Waals surface area contributed by atoms with E-state index in [9.17, 15) is 26.3 Å². The van der Waals surface area contributed by atoms with Gasteiger partial charge in [-0.15, -0.1) is 0 Å². The Balaban J connectivity index is 2.31. The van der Waals surface area contributed by atoms with E-state index in [4.69, 9.17) is 5.73 Å². The third-order valence-corrected chi connectivity index (χ3v) is 4.16. The Labute approximate surface area is 130 Å². The van der Waals surface area contributed by atoms with E-state index in [1.165, 1.54) is 0 Å². The summed E-state index contributed by atoms with van der Waals surface area (Å²) in [5, 5.41) is 0. The molecule has 1 aliphatic rings. The predicted octanol–water partition coefficient (Wildman–Crippen LogP) is 3.89. The average Bonchev–Trinajstić information content (AvgIpc) is 2.77. The number of nitrogens with two attached hydrogens (primary N) is 1. The van der Waals surface area contributed by atoms with Crippen LogP contribution in [0.1, 0.15) is 30.0 Å². The minimum absolute atomic E-state index is 0.0108. The first-order valence-electron chi connectivity index (χ1n) is 7.23. The number of nitrogens with zero attached hydrogens (tertiary/aromatic N) is 1. The number of rotatable bonds is 3. The third kappa shape index (κ3) is 4.38. The van der Waals surface area contributed by atoms with Crippen LogP contribution >= 0.6 is 0 Å². The topological polar surface area (TPSA) is 29.3 Å². The first-order valence-corrected chi connectivity index (χ1v) is 7.23. The molecule has 0 saturated carbocycles. The number of likely N-dealkylation sites (tertiary alicyclic amines) is 1. The van der Waals surface area contributed by atoms with Crippen molar-refractivity contribution in [2.24, 2.45) is 11.7 Å². The second kappa shape index (κ2) is 6.32. The summed E-state index contributed by atoms with van der Waals surface area (Å²) in [6.07, 6.45) is -8.83.